The van der Waals surface area contributed by atoms with Crippen molar-refractivity contribution in [3.63, 3.8) is 0 Å². The van der Waals surface area contributed by atoms with Gasteiger partial charge >= 0.3 is 0 Å². The standard InChI is InChI=1S/C18H20N4/c1-14-17(12-19-2)13-22(21-14)18-5-3-15(4-6-18)11-16-7-9-20-10-8-16/h3-10,13,19H,11-12H2,1-2H3. The topological polar surface area (TPSA) is 42.7 Å². The number of hydrogen-bond donors (Lipinski definition) is 1. The van der Waals surface area contributed by atoms with Gasteiger partial charge in [0.15, 0.2) is 0 Å². The quantitative estimate of drug-likeness (QED) is 0.786. The van der Waals surface area contributed by atoms with E-state index in [0.29, 0.717) is 0 Å². The Kier molecular flexibility index (Phi) is 4.30. The Bertz CT molecular complexity index is 730. The first kappa shape index (κ1) is 14.5. The van der Waals surface area contributed by atoms with E-state index in [9.17, 15) is 0 Å². The van der Waals surface area contributed by atoms with Gasteiger partial charge in [-0.3, -0.25) is 4.98 Å². The highest BCUT2D eigenvalue weighted by Gasteiger charge is 2.05. The van der Waals surface area contributed by atoms with Crippen molar-refractivity contribution >= 4 is 0 Å². The third-order valence-electron chi connectivity index (χ3n) is 3.73. The first-order valence-corrected chi connectivity index (χ1v) is 7.44. The minimum absolute atomic E-state index is 0.839. The normalized spacial score (nSPS) is 10.8. The molecule has 4 heteroatoms. The van der Waals surface area contributed by atoms with Gasteiger partial charge in [-0.15, -0.1) is 0 Å². The summed E-state index contributed by atoms with van der Waals surface area (Å²) in [4.78, 5) is 4.05. The van der Waals surface area contributed by atoms with Crippen LogP contribution in [0.25, 0.3) is 5.69 Å². The maximum Gasteiger partial charge on any atom is 0.0645 e. The third kappa shape index (κ3) is 3.23. The van der Waals surface area contributed by atoms with Crippen LogP contribution >= 0.6 is 0 Å². The fourth-order valence-corrected chi connectivity index (χ4v) is 2.49. The van der Waals surface area contributed by atoms with E-state index in [4.69, 9.17) is 0 Å². The molecule has 0 aliphatic carbocycles. The second-order valence-corrected chi connectivity index (χ2v) is 5.41. The van der Waals surface area contributed by atoms with Crippen LogP contribution in [0.1, 0.15) is 22.4 Å². The zero-order chi connectivity index (χ0) is 15.4. The van der Waals surface area contributed by atoms with Crippen LogP contribution in [0, 0.1) is 6.92 Å². The van der Waals surface area contributed by atoms with Crippen LogP contribution in [0.5, 0.6) is 0 Å². The Labute approximate surface area is 130 Å². The molecule has 0 unspecified atom stereocenters. The van der Waals surface area contributed by atoms with Gasteiger partial charge in [0.05, 0.1) is 11.4 Å². The maximum absolute atomic E-state index is 4.58. The summed E-state index contributed by atoms with van der Waals surface area (Å²) in [6.45, 7) is 2.88. The van der Waals surface area contributed by atoms with Crippen molar-refractivity contribution < 1.29 is 0 Å². The zero-order valence-electron chi connectivity index (χ0n) is 13.0. The molecule has 2 aromatic heterocycles. The largest absolute Gasteiger partial charge is 0.316 e. The number of aromatic nitrogens is 3. The predicted octanol–water partition coefficient (Wildman–Crippen LogP) is 2.89. The molecule has 22 heavy (non-hydrogen) atoms. The Balaban J connectivity index is 1.78. The summed E-state index contributed by atoms with van der Waals surface area (Å²) >= 11 is 0. The Hall–Kier alpha value is -2.46. The van der Waals surface area contributed by atoms with E-state index in [1.807, 2.05) is 31.0 Å². The molecule has 4 nitrogen and oxygen atoms in total. The molecule has 0 aliphatic rings. The Morgan fingerprint density at radius 3 is 2.36 bits per heavy atom. The van der Waals surface area contributed by atoms with Crippen LogP contribution in [0.15, 0.2) is 55.0 Å². The molecule has 0 bridgehead atoms. The summed E-state index contributed by atoms with van der Waals surface area (Å²) in [5, 5.41) is 7.75. The van der Waals surface area contributed by atoms with E-state index >= 15 is 0 Å². The van der Waals surface area contributed by atoms with Gasteiger partial charge in [-0.25, -0.2) is 4.68 Å². The lowest BCUT2D eigenvalue weighted by Crippen LogP contribution is -2.05. The van der Waals surface area contributed by atoms with Crippen LogP contribution in [0.2, 0.25) is 0 Å². The molecular weight excluding hydrogens is 272 g/mol. The highest BCUT2D eigenvalue weighted by atomic mass is 15.3. The number of rotatable bonds is 5. The smallest absolute Gasteiger partial charge is 0.0645 e. The molecule has 0 saturated carbocycles. The average Bonchev–Trinajstić information content (AvgIpc) is 2.91. The van der Waals surface area contributed by atoms with Crippen LogP contribution in [-0.4, -0.2) is 21.8 Å². The van der Waals surface area contributed by atoms with Gasteiger partial charge in [0.1, 0.15) is 0 Å². The summed E-state index contributed by atoms with van der Waals surface area (Å²) in [6.07, 6.45) is 6.68. The number of pyridine rings is 1. The van der Waals surface area contributed by atoms with Crippen molar-refractivity contribution in [3.8, 4) is 5.69 Å². The lowest BCUT2D eigenvalue weighted by Gasteiger charge is -2.04. The van der Waals surface area contributed by atoms with Gasteiger partial charge in [0, 0.05) is 30.7 Å². The number of aryl methyl sites for hydroxylation is 1. The molecule has 2 heterocycles. The predicted molar refractivity (Wildman–Crippen MR) is 88.1 cm³/mol. The molecule has 0 aliphatic heterocycles. The molecule has 112 valence electrons. The second kappa shape index (κ2) is 6.54. The van der Waals surface area contributed by atoms with E-state index in [2.05, 4.69) is 58.0 Å². The molecule has 0 fully saturated rings. The van der Waals surface area contributed by atoms with E-state index in [-0.39, 0.29) is 0 Å². The Morgan fingerprint density at radius 2 is 1.68 bits per heavy atom. The van der Waals surface area contributed by atoms with Crippen molar-refractivity contribution in [2.24, 2.45) is 0 Å². The van der Waals surface area contributed by atoms with Crippen LogP contribution < -0.4 is 5.32 Å². The molecule has 0 saturated heterocycles. The highest BCUT2D eigenvalue weighted by molar-refractivity contribution is 5.37. The van der Waals surface area contributed by atoms with Crippen molar-refractivity contribution in [2.75, 3.05) is 7.05 Å². The summed E-state index contributed by atoms with van der Waals surface area (Å²) in [5.74, 6) is 0. The zero-order valence-corrected chi connectivity index (χ0v) is 13.0. The summed E-state index contributed by atoms with van der Waals surface area (Å²) in [6, 6.07) is 12.6. The molecule has 0 spiro atoms. The summed E-state index contributed by atoms with van der Waals surface area (Å²) in [5.41, 5.74) is 5.94. The van der Waals surface area contributed by atoms with Gasteiger partial charge < -0.3 is 5.32 Å². The fraction of sp³-hybridized carbons (Fsp3) is 0.222. The minimum atomic E-state index is 0.839. The molecular formula is C18H20N4. The Morgan fingerprint density at radius 1 is 1.00 bits per heavy atom. The first-order valence-electron chi connectivity index (χ1n) is 7.44. The average molecular weight is 292 g/mol. The number of nitrogens with zero attached hydrogens (tertiary/aromatic N) is 3. The SMILES string of the molecule is CNCc1cn(-c2ccc(Cc3ccncc3)cc2)nc1C. The van der Waals surface area contributed by atoms with Gasteiger partial charge in [-0.05, 0) is 55.8 Å². The minimum Gasteiger partial charge on any atom is -0.316 e. The fourth-order valence-electron chi connectivity index (χ4n) is 2.49. The molecule has 3 rings (SSSR count). The van der Waals surface area contributed by atoms with Crippen molar-refractivity contribution in [1.82, 2.24) is 20.1 Å². The number of benzene rings is 1. The molecule has 1 N–H and O–H groups in total. The van der Waals surface area contributed by atoms with E-state index < -0.39 is 0 Å². The maximum atomic E-state index is 4.58. The number of hydrogen-bond acceptors (Lipinski definition) is 3. The van der Waals surface area contributed by atoms with Crippen LogP contribution in [0.4, 0.5) is 0 Å². The summed E-state index contributed by atoms with van der Waals surface area (Å²) < 4.78 is 1.94. The summed E-state index contributed by atoms with van der Waals surface area (Å²) in [7, 11) is 1.95. The lowest BCUT2D eigenvalue weighted by atomic mass is 10.1. The number of nitrogens with one attached hydrogen (secondary N) is 1. The van der Waals surface area contributed by atoms with Crippen molar-refractivity contribution in [3.05, 3.63) is 77.4 Å². The van der Waals surface area contributed by atoms with E-state index in [1.54, 1.807) is 0 Å². The second-order valence-electron chi connectivity index (χ2n) is 5.41. The van der Waals surface area contributed by atoms with Gasteiger partial charge in [-0.2, -0.15) is 5.10 Å². The molecule has 3 aromatic rings. The van der Waals surface area contributed by atoms with Crippen molar-refractivity contribution in [1.29, 1.82) is 0 Å². The lowest BCUT2D eigenvalue weighted by molar-refractivity contribution is 0.812. The van der Waals surface area contributed by atoms with Crippen LogP contribution in [-0.2, 0) is 13.0 Å². The third-order valence-corrected chi connectivity index (χ3v) is 3.73. The van der Waals surface area contributed by atoms with Gasteiger partial charge in [-0.1, -0.05) is 12.1 Å². The van der Waals surface area contributed by atoms with E-state index in [0.717, 1.165) is 24.3 Å². The monoisotopic (exact) mass is 292 g/mol. The first-order chi connectivity index (χ1) is 10.8. The van der Waals surface area contributed by atoms with Crippen molar-refractivity contribution in [2.45, 2.75) is 19.9 Å². The van der Waals surface area contributed by atoms with Gasteiger partial charge in [0.2, 0.25) is 0 Å². The molecule has 0 atom stereocenters. The van der Waals surface area contributed by atoms with Gasteiger partial charge in [0.25, 0.3) is 0 Å². The molecule has 0 amide bonds. The molecule has 1 aromatic carbocycles. The van der Waals surface area contributed by atoms with E-state index in [1.165, 1.54) is 16.7 Å². The highest BCUT2D eigenvalue weighted by Crippen LogP contribution is 2.15. The molecule has 0 radical (unpaired) electrons. The van der Waals surface area contributed by atoms with Crippen LogP contribution in [0.3, 0.4) is 0 Å².